The molecule has 0 aliphatic carbocycles. The highest BCUT2D eigenvalue weighted by molar-refractivity contribution is 4.31. The van der Waals surface area contributed by atoms with Gasteiger partial charge in [0.1, 0.15) is 6.67 Å². The molecule has 0 heterocycles. The highest BCUT2D eigenvalue weighted by atomic mass is 19.1. The first kappa shape index (κ1) is 37.1. The van der Waals surface area contributed by atoms with Gasteiger partial charge in [0.05, 0.1) is 41.0 Å². The number of hydrogen-bond donors (Lipinski definition) is 0. The summed E-state index contributed by atoms with van der Waals surface area (Å²) < 4.78 is 65.9. The van der Waals surface area contributed by atoms with Crippen LogP contribution in [-0.2, 0) is 4.74 Å². The van der Waals surface area contributed by atoms with Crippen molar-refractivity contribution in [3.8, 4) is 0 Å². The molecule has 0 bridgehead atoms. The molecule has 0 rings (SSSR count). The minimum Gasteiger partial charge on any atom is -0.382 e. The first-order valence-corrected chi connectivity index (χ1v) is 6.64. The lowest BCUT2D eigenvalue weighted by Crippen LogP contribution is -1.86. The Labute approximate surface area is 127 Å². The van der Waals surface area contributed by atoms with Gasteiger partial charge in [0.2, 0.25) is 0 Å². The molecule has 0 fully saturated rings. The van der Waals surface area contributed by atoms with Crippen LogP contribution in [0.15, 0.2) is 0 Å². The summed E-state index contributed by atoms with van der Waals surface area (Å²) >= 11 is 0. The van der Waals surface area contributed by atoms with Crippen LogP contribution in [0.5, 0.6) is 0 Å². The Morgan fingerprint density at radius 1 is 0.667 bits per heavy atom. The van der Waals surface area contributed by atoms with Crippen molar-refractivity contribution < 1.29 is 31.1 Å². The van der Waals surface area contributed by atoms with Crippen molar-refractivity contribution in [2.75, 3.05) is 54.8 Å². The quantitative estimate of drug-likeness (QED) is 0.452. The maximum atomic E-state index is 11.2. The van der Waals surface area contributed by atoms with Crippen LogP contribution in [0.2, 0.25) is 0 Å². The van der Waals surface area contributed by atoms with Crippen molar-refractivity contribution in [1.29, 1.82) is 0 Å². The first-order valence-electron chi connectivity index (χ1n) is 6.64. The van der Waals surface area contributed by atoms with Crippen LogP contribution in [0.25, 0.3) is 0 Å². The summed E-state index contributed by atoms with van der Waals surface area (Å²) in [5.41, 5.74) is 0. The summed E-state index contributed by atoms with van der Waals surface area (Å²) in [5, 5.41) is 0. The normalized spacial score (nSPS) is 6.86. The van der Waals surface area contributed by atoms with E-state index in [4.69, 9.17) is 0 Å². The van der Waals surface area contributed by atoms with E-state index in [1.165, 1.54) is 21.0 Å². The molecule has 0 unspecified atom stereocenters. The second-order valence-electron chi connectivity index (χ2n) is 2.61. The van der Waals surface area contributed by atoms with Gasteiger partial charge in [0.15, 0.2) is 0 Å². The van der Waals surface area contributed by atoms with Crippen LogP contribution < -0.4 is 0 Å². The number of rotatable bonds is 5. The van der Waals surface area contributed by atoms with Crippen LogP contribution in [0.4, 0.5) is 26.3 Å². The van der Waals surface area contributed by atoms with Crippen LogP contribution in [-0.4, -0.2) is 54.8 Å². The fraction of sp³-hybridized carbons (Fsp3) is 1.00. The molecule has 1 nitrogen and oxygen atoms in total. The SMILES string of the molecule is CCCCCF.CCF.CCF.CF.CF.COCCF. The molecule has 138 valence electrons. The molecule has 0 radical (unpaired) electrons. The van der Waals surface area contributed by atoms with E-state index in [0.29, 0.717) is 14.4 Å². The van der Waals surface area contributed by atoms with E-state index in [1.807, 2.05) is 0 Å². The van der Waals surface area contributed by atoms with Crippen molar-refractivity contribution in [1.82, 2.24) is 0 Å². The summed E-state index contributed by atoms with van der Waals surface area (Å²) in [7, 11) is 2.47. The van der Waals surface area contributed by atoms with E-state index in [1.54, 1.807) is 0 Å². The van der Waals surface area contributed by atoms with E-state index in [0.717, 1.165) is 19.3 Å². The summed E-state index contributed by atoms with van der Waals surface area (Å²) in [6.45, 7) is 4.18. The standard InChI is InChI=1S/C5H11F.C3H7FO.2C2H5F.2CH3F/c1-2-3-4-5-6;1-5-3-2-4;2*1-2-3;2*1-2/h2-5H2,1H3;2-3H2,1H3;2*2H2,1H3;2*1H3. The molecule has 0 saturated carbocycles. The summed E-state index contributed by atoms with van der Waals surface area (Å²) in [4.78, 5) is 0. The van der Waals surface area contributed by atoms with E-state index < -0.39 is 0 Å². The zero-order valence-corrected chi connectivity index (χ0v) is 14.3. The predicted octanol–water partition coefficient (Wildman–Crippen LogP) is 5.87. The molecule has 0 aliphatic heterocycles. The zero-order valence-electron chi connectivity index (χ0n) is 14.3. The largest absolute Gasteiger partial charge is 0.382 e. The number of hydrogen-bond acceptors (Lipinski definition) is 1. The van der Waals surface area contributed by atoms with Crippen LogP contribution >= 0.6 is 0 Å². The van der Waals surface area contributed by atoms with E-state index in [9.17, 15) is 26.3 Å². The molecule has 0 atom stereocenters. The third kappa shape index (κ3) is 292. The van der Waals surface area contributed by atoms with Gasteiger partial charge in [-0.25, -0.2) is 4.39 Å². The van der Waals surface area contributed by atoms with Crippen molar-refractivity contribution in [3.63, 3.8) is 0 Å². The van der Waals surface area contributed by atoms with Gasteiger partial charge in [0, 0.05) is 7.11 Å². The van der Waals surface area contributed by atoms with Crippen molar-refractivity contribution >= 4 is 0 Å². The Hall–Kier alpha value is -0.460. The Balaban J connectivity index is -0.0000000342. The molecular weight excluding hydrogens is 298 g/mol. The van der Waals surface area contributed by atoms with Gasteiger partial charge < -0.3 is 4.74 Å². The molecule has 21 heavy (non-hydrogen) atoms. The fourth-order valence-corrected chi connectivity index (χ4v) is 0.422. The highest BCUT2D eigenvalue weighted by Gasteiger charge is 1.78. The van der Waals surface area contributed by atoms with Gasteiger partial charge in [-0.05, 0) is 20.3 Å². The maximum absolute atomic E-state index is 11.2. The Morgan fingerprint density at radius 3 is 1.05 bits per heavy atom. The average molecular weight is 332 g/mol. The average Bonchev–Trinajstić information content (AvgIpc) is 2.52. The van der Waals surface area contributed by atoms with Crippen molar-refractivity contribution in [2.45, 2.75) is 40.0 Å². The molecular formula is C14H34F6O. The molecule has 0 N–H and O–H groups in total. The summed E-state index contributed by atoms with van der Waals surface area (Å²) in [6, 6.07) is 0. The number of ether oxygens (including phenoxy) is 1. The Morgan fingerprint density at radius 2 is 1.00 bits per heavy atom. The minimum atomic E-state index is -0.378. The molecule has 0 amide bonds. The second kappa shape index (κ2) is 92.1. The second-order valence-corrected chi connectivity index (χ2v) is 2.61. The van der Waals surface area contributed by atoms with E-state index >= 15 is 0 Å². The number of methoxy groups -OCH3 is 1. The van der Waals surface area contributed by atoms with Crippen LogP contribution in [0.1, 0.15) is 40.0 Å². The lowest BCUT2D eigenvalue weighted by atomic mass is 10.3. The van der Waals surface area contributed by atoms with Gasteiger partial charge in [-0.2, -0.15) is 0 Å². The lowest BCUT2D eigenvalue weighted by Gasteiger charge is -1.84. The number of unbranched alkanes of at least 4 members (excludes halogenated alkanes) is 2. The minimum absolute atomic E-state index is 0.145. The molecule has 0 aromatic carbocycles. The molecule has 0 spiro atoms. The van der Waals surface area contributed by atoms with E-state index in [-0.39, 0.29) is 33.3 Å². The number of alkyl halides is 6. The van der Waals surface area contributed by atoms with Gasteiger partial charge in [-0.3, -0.25) is 22.0 Å². The molecule has 0 aromatic rings. The van der Waals surface area contributed by atoms with Gasteiger partial charge in [-0.15, -0.1) is 0 Å². The van der Waals surface area contributed by atoms with Crippen LogP contribution in [0.3, 0.4) is 0 Å². The zero-order chi connectivity index (χ0) is 18.4. The van der Waals surface area contributed by atoms with E-state index in [2.05, 4.69) is 11.7 Å². The number of halogens is 6. The molecule has 7 heteroatoms. The third-order valence-corrected chi connectivity index (χ3v) is 1.02. The molecule has 0 aliphatic rings. The van der Waals surface area contributed by atoms with Crippen LogP contribution in [0, 0.1) is 0 Å². The predicted molar refractivity (Wildman–Crippen MR) is 80.7 cm³/mol. The van der Waals surface area contributed by atoms with Crippen molar-refractivity contribution in [3.05, 3.63) is 0 Å². The summed E-state index contributed by atoms with van der Waals surface area (Å²) in [6.07, 6.45) is 2.90. The Bertz CT molecular complexity index is 72.5. The smallest absolute Gasteiger partial charge is 0.113 e. The topological polar surface area (TPSA) is 9.23 Å². The highest BCUT2D eigenvalue weighted by Crippen LogP contribution is 1.91. The summed E-state index contributed by atoms with van der Waals surface area (Å²) in [5.74, 6) is 0. The molecule has 0 aromatic heterocycles. The van der Waals surface area contributed by atoms with Gasteiger partial charge >= 0.3 is 0 Å². The van der Waals surface area contributed by atoms with Gasteiger partial charge in [-0.1, -0.05) is 19.8 Å². The van der Waals surface area contributed by atoms with Crippen molar-refractivity contribution in [2.24, 2.45) is 0 Å². The lowest BCUT2D eigenvalue weighted by molar-refractivity contribution is 0.175. The monoisotopic (exact) mass is 332 g/mol. The maximum Gasteiger partial charge on any atom is 0.113 e. The fourth-order valence-electron chi connectivity index (χ4n) is 0.422. The molecule has 0 saturated heterocycles. The third-order valence-electron chi connectivity index (χ3n) is 1.02. The first-order chi connectivity index (χ1) is 10.2. The Kier molecular flexibility index (Phi) is 163. The van der Waals surface area contributed by atoms with Gasteiger partial charge in [0.25, 0.3) is 0 Å².